The molecule has 7 atom stereocenters. The van der Waals surface area contributed by atoms with Gasteiger partial charge in [0.2, 0.25) is 0 Å². The highest BCUT2D eigenvalue weighted by molar-refractivity contribution is 6.19. The SMILES string of the molecule is C/C1=C/C=C/[C@H](C)C[C@@H](C)[C@@H](O)[C@@H](C)C(OC=O)[C@H](C)C/C=C/O[C@@]2(C)Oc3c(C)c(O)c4c(O)c(c5c(c4c3C2=O)=NC2(CCN(CC(C)C)CC2)N=5)NC1=O. The molecule has 0 saturated carbocycles. The van der Waals surface area contributed by atoms with Crippen molar-refractivity contribution in [2.75, 3.05) is 25.0 Å². The van der Waals surface area contributed by atoms with E-state index < -0.39 is 41.1 Å². The van der Waals surface area contributed by atoms with Gasteiger partial charge in [0.15, 0.2) is 11.4 Å². The van der Waals surface area contributed by atoms with Crippen LogP contribution in [0.1, 0.15) is 97.0 Å². The lowest BCUT2D eigenvalue weighted by Gasteiger charge is -2.36. The minimum atomic E-state index is -1.85. The van der Waals surface area contributed by atoms with E-state index in [-0.39, 0.29) is 73.5 Å². The zero-order valence-electron chi connectivity index (χ0n) is 34.6. The summed E-state index contributed by atoms with van der Waals surface area (Å²) in [6, 6.07) is 0. The molecule has 5 bridgehead atoms. The quantitative estimate of drug-likeness (QED) is 0.220. The molecule has 0 radical (unpaired) electrons. The number of ether oxygens (including phenoxy) is 3. The van der Waals surface area contributed by atoms with Gasteiger partial charge < -0.3 is 39.7 Å². The predicted octanol–water partition coefficient (Wildman–Crippen LogP) is 5.76. The molecule has 13 nitrogen and oxygen atoms in total. The number of phenols is 2. The number of nitrogens with one attached hydrogen (secondary N) is 1. The van der Waals surface area contributed by atoms with Crippen LogP contribution in [0, 0.1) is 36.5 Å². The first-order valence-corrected chi connectivity index (χ1v) is 20.2. The zero-order valence-corrected chi connectivity index (χ0v) is 34.6. The van der Waals surface area contributed by atoms with Crippen LogP contribution in [0.25, 0.3) is 10.8 Å². The molecule has 1 amide bonds. The van der Waals surface area contributed by atoms with E-state index in [9.17, 15) is 29.7 Å². The second-order valence-corrected chi connectivity index (χ2v) is 17.3. The van der Waals surface area contributed by atoms with Crippen molar-refractivity contribution in [2.45, 2.75) is 112 Å². The number of hydrogen-bond acceptors (Lipinski definition) is 12. The number of nitrogens with zero attached hydrogens (tertiary/aromatic N) is 3. The van der Waals surface area contributed by atoms with E-state index in [2.05, 4.69) is 24.1 Å². The summed E-state index contributed by atoms with van der Waals surface area (Å²) in [6.45, 7) is 19.6. The number of Topliss-reactive ketones (excluding diaryl/α,β-unsaturated/α-hetero) is 1. The summed E-state index contributed by atoms with van der Waals surface area (Å²) in [5, 5.41) is 38.7. The van der Waals surface area contributed by atoms with Gasteiger partial charge in [0.05, 0.1) is 28.7 Å². The molecule has 1 fully saturated rings. The summed E-state index contributed by atoms with van der Waals surface area (Å²) < 4.78 is 17.8. The Labute approximate surface area is 334 Å². The lowest BCUT2D eigenvalue weighted by Crippen LogP contribution is -2.43. The Kier molecular flexibility index (Phi) is 11.9. The van der Waals surface area contributed by atoms with Crippen molar-refractivity contribution in [3.8, 4) is 17.2 Å². The van der Waals surface area contributed by atoms with Crippen molar-refractivity contribution in [1.82, 2.24) is 4.90 Å². The van der Waals surface area contributed by atoms with Gasteiger partial charge in [-0.2, -0.15) is 0 Å². The van der Waals surface area contributed by atoms with Crippen LogP contribution in [0.15, 0.2) is 46.1 Å². The molecule has 308 valence electrons. The van der Waals surface area contributed by atoms with Crippen molar-refractivity contribution in [3.05, 3.63) is 58.0 Å². The van der Waals surface area contributed by atoms with E-state index in [4.69, 9.17) is 24.2 Å². The molecule has 1 unspecified atom stereocenters. The first kappa shape index (κ1) is 41.9. The Balaban J connectivity index is 1.51. The number of hydrogen-bond donors (Lipinski definition) is 4. The van der Waals surface area contributed by atoms with Gasteiger partial charge >= 0.3 is 5.79 Å². The maximum atomic E-state index is 14.6. The number of allylic oxidation sites excluding steroid dienone is 4. The number of ketones is 1. The Morgan fingerprint density at radius 1 is 1.04 bits per heavy atom. The zero-order chi connectivity index (χ0) is 41.6. The van der Waals surface area contributed by atoms with Crippen LogP contribution in [-0.4, -0.2) is 81.7 Å². The van der Waals surface area contributed by atoms with Crippen LogP contribution < -0.4 is 20.8 Å². The number of benzene rings is 2. The van der Waals surface area contributed by atoms with Crippen molar-refractivity contribution < 1.29 is 43.9 Å². The molecule has 5 aliphatic heterocycles. The maximum Gasteiger partial charge on any atom is 0.312 e. The van der Waals surface area contributed by atoms with Crippen molar-refractivity contribution in [2.24, 2.45) is 39.6 Å². The minimum absolute atomic E-state index is 0.00170. The van der Waals surface area contributed by atoms with Gasteiger partial charge in [0.1, 0.15) is 28.6 Å². The van der Waals surface area contributed by atoms with E-state index in [0.29, 0.717) is 43.6 Å². The number of fused-ring (bicyclic) bond motifs is 13. The van der Waals surface area contributed by atoms with E-state index in [1.807, 2.05) is 33.8 Å². The third-order valence-electron chi connectivity index (χ3n) is 12.1. The average Bonchev–Trinajstić information content (AvgIpc) is 3.66. The molecular formula is C44H58N4O9. The normalized spacial score (nSPS) is 31.5. The van der Waals surface area contributed by atoms with E-state index >= 15 is 0 Å². The molecule has 7 rings (SSSR count). The number of carbonyl (C=O) groups is 3. The topological polar surface area (TPSA) is 180 Å². The number of anilines is 1. The molecule has 1 spiro atoms. The monoisotopic (exact) mass is 786 g/mol. The Morgan fingerprint density at radius 3 is 2.39 bits per heavy atom. The van der Waals surface area contributed by atoms with E-state index in [1.165, 1.54) is 13.2 Å². The lowest BCUT2D eigenvalue weighted by molar-refractivity contribution is -0.143. The number of likely N-dealkylation sites (tertiary alicyclic amines) is 1. The lowest BCUT2D eigenvalue weighted by atomic mass is 9.80. The molecule has 0 aliphatic carbocycles. The standard InChI is InChI=1S/C44H58N4O9/c1-23(2)21-48-17-15-44(16-18-48)46-33-30-31-37(51)29(8)40-32(30)41(53)43(9,57-40)56-19-11-14-25(4)39(55-22-49)28(7)36(50)27(6)20-24(3)12-10-13-26(5)42(54)45-35(38(31)52)34(33)47-44/h10-13,19,22-25,27-28,36,39,50-52H,14-18,20-21H2,1-9H3,(H,45,54)/b12-10+,19-11+,26-13-/t24-,25+,27+,28+,36+,39?,43-/m0/s1. The molecular weight excluding hydrogens is 729 g/mol. The van der Waals surface area contributed by atoms with Gasteiger partial charge in [-0.05, 0) is 56.4 Å². The van der Waals surface area contributed by atoms with Gasteiger partial charge in [0.25, 0.3) is 18.2 Å². The Bertz CT molecular complexity index is 2150. The molecule has 5 aliphatic rings. The second kappa shape index (κ2) is 16.2. The van der Waals surface area contributed by atoms with Gasteiger partial charge in [-0.1, -0.05) is 59.8 Å². The fourth-order valence-corrected chi connectivity index (χ4v) is 8.90. The number of piperidine rings is 1. The van der Waals surface area contributed by atoms with Crippen molar-refractivity contribution in [3.63, 3.8) is 0 Å². The van der Waals surface area contributed by atoms with Gasteiger partial charge in [-0.3, -0.25) is 24.4 Å². The molecule has 4 N–H and O–H groups in total. The Hall–Kier alpha value is -4.75. The molecule has 0 aromatic heterocycles. The first-order valence-electron chi connectivity index (χ1n) is 20.2. The Morgan fingerprint density at radius 2 is 1.72 bits per heavy atom. The number of rotatable bonds is 4. The van der Waals surface area contributed by atoms with Crippen molar-refractivity contribution >= 4 is 34.6 Å². The number of phenolic OH excluding ortho intramolecular Hbond substituents is 2. The molecule has 57 heavy (non-hydrogen) atoms. The number of aliphatic hydroxyl groups excluding tert-OH is 1. The van der Waals surface area contributed by atoms with Gasteiger partial charge in [-0.25, -0.2) is 0 Å². The average molecular weight is 787 g/mol. The summed E-state index contributed by atoms with van der Waals surface area (Å²) in [7, 11) is 0. The largest absolute Gasteiger partial charge is 0.507 e. The van der Waals surface area contributed by atoms with E-state index in [0.717, 1.165) is 19.6 Å². The molecule has 5 heterocycles. The fourth-order valence-electron chi connectivity index (χ4n) is 8.90. The highest BCUT2D eigenvalue weighted by Crippen LogP contribution is 2.50. The molecule has 2 aromatic carbocycles. The minimum Gasteiger partial charge on any atom is -0.507 e. The second-order valence-electron chi connectivity index (χ2n) is 17.3. The summed E-state index contributed by atoms with van der Waals surface area (Å²) in [6.07, 6.45) is 9.31. The number of aromatic hydroxyl groups is 2. The molecule has 1 saturated heterocycles. The highest BCUT2D eigenvalue weighted by atomic mass is 16.7. The highest BCUT2D eigenvalue weighted by Gasteiger charge is 2.50. The van der Waals surface area contributed by atoms with Crippen LogP contribution in [0.3, 0.4) is 0 Å². The molecule has 13 heteroatoms. The summed E-state index contributed by atoms with van der Waals surface area (Å²) >= 11 is 0. The van der Waals surface area contributed by atoms with Crippen LogP contribution >= 0.6 is 0 Å². The third-order valence-corrected chi connectivity index (χ3v) is 12.1. The molecule has 2 aromatic rings. The third kappa shape index (κ3) is 7.92. The summed E-state index contributed by atoms with van der Waals surface area (Å²) in [5.74, 6) is -3.81. The van der Waals surface area contributed by atoms with E-state index in [1.54, 1.807) is 32.1 Å². The summed E-state index contributed by atoms with van der Waals surface area (Å²) in [5.41, 5.74) is -0.282. The van der Waals surface area contributed by atoms with Crippen LogP contribution in [-0.2, 0) is 19.1 Å². The smallest absolute Gasteiger partial charge is 0.312 e. The predicted molar refractivity (Wildman–Crippen MR) is 216 cm³/mol. The first-order chi connectivity index (χ1) is 26.9. The maximum absolute atomic E-state index is 14.6. The van der Waals surface area contributed by atoms with Crippen LogP contribution in [0.5, 0.6) is 17.2 Å². The van der Waals surface area contributed by atoms with Gasteiger partial charge in [0, 0.05) is 61.8 Å². The van der Waals surface area contributed by atoms with Gasteiger partial charge in [-0.15, -0.1) is 0 Å². The van der Waals surface area contributed by atoms with Crippen LogP contribution in [0.4, 0.5) is 5.69 Å². The number of aliphatic hydroxyl groups is 1. The fraction of sp³-hybridized carbons (Fsp3) is 0.568. The number of amides is 1. The summed E-state index contributed by atoms with van der Waals surface area (Å²) in [4.78, 5) is 52.7. The van der Waals surface area contributed by atoms with Crippen molar-refractivity contribution in [1.29, 1.82) is 0 Å². The number of carbonyl (C=O) groups excluding carboxylic acids is 3. The van der Waals surface area contributed by atoms with Crippen LogP contribution in [0.2, 0.25) is 0 Å².